The number of aromatic nitrogens is 3. The van der Waals surface area contributed by atoms with Crippen LogP contribution in [-0.2, 0) is 34.5 Å². The maximum atomic E-state index is 14.1. The molecule has 0 radical (unpaired) electrons. The summed E-state index contributed by atoms with van der Waals surface area (Å²) in [6.07, 6.45) is 1.38. The number of methoxy groups -OCH3 is 1. The van der Waals surface area contributed by atoms with Crippen LogP contribution in [0.25, 0.3) is 10.9 Å². The van der Waals surface area contributed by atoms with Crippen molar-refractivity contribution in [3.8, 4) is 5.75 Å². The molecule has 2 aromatic heterocycles. The zero-order chi connectivity index (χ0) is 29.0. The lowest BCUT2D eigenvalue weighted by Gasteiger charge is -2.25. The van der Waals surface area contributed by atoms with E-state index < -0.39 is 43.5 Å². The van der Waals surface area contributed by atoms with E-state index in [1.165, 1.54) is 17.9 Å². The normalized spacial score (nSPS) is 19.1. The van der Waals surface area contributed by atoms with Gasteiger partial charge in [-0.15, -0.1) is 0 Å². The van der Waals surface area contributed by atoms with Crippen molar-refractivity contribution in [2.45, 2.75) is 31.9 Å². The summed E-state index contributed by atoms with van der Waals surface area (Å²) in [5.74, 6) is -0.433. The highest BCUT2D eigenvalue weighted by Crippen LogP contribution is 2.46. The number of H-pyrrole nitrogens is 2. The molecule has 4 aromatic rings. The van der Waals surface area contributed by atoms with E-state index in [1.807, 2.05) is 24.3 Å². The van der Waals surface area contributed by atoms with Crippen molar-refractivity contribution < 1.29 is 32.6 Å². The van der Waals surface area contributed by atoms with Crippen molar-refractivity contribution in [3.63, 3.8) is 0 Å². The van der Waals surface area contributed by atoms with Gasteiger partial charge in [0, 0.05) is 35.3 Å². The fraction of sp³-hybridized carbons (Fsp3) is 0.296. The fourth-order valence-electron chi connectivity index (χ4n) is 4.38. The number of carbonyl (C=O) groups excluding carboxylic acids is 1. The lowest BCUT2D eigenvalue weighted by molar-refractivity contribution is -0.142. The quantitative estimate of drug-likeness (QED) is 0.176. The average molecular weight is 585 g/mol. The van der Waals surface area contributed by atoms with Crippen molar-refractivity contribution in [2.24, 2.45) is 0 Å². The highest BCUT2D eigenvalue weighted by atomic mass is 31.2. The molecule has 1 saturated heterocycles. The van der Waals surface area contributed by atoms with Crippen LogP contribution in [0.4, 0.5) is 0 Å². The number of aryl methyl sites for hydroxylation is 1. The Labute approximate surface area is 233 Å². The predicted molar refractivity (Wildman–Crippen MR) is 147 cm³/mol. The largest absolute Gasteiger partial charge is 0.468 e. The lowest BCUT2D eigenvalue weighted by atomic mass is 10.1. The van der Waals surface area contributed by atoms with Gasteiger partial charge in [0.15, 0.2) is 12.5 Å². The van der Waals surface area contributed by atoms with E-state index in [2.05, 4.69) is 15.1 Å². The molecule has 5 rings (SSSR count). The number of nitrogens with zero attached hydrogens (tertiary/aromatic N) is 1. The molecule has 0 amide bonds. The zero-order valence-electron chi connectivity index (χ0n) is 22.3. The van der Waals surface area contributed by atoms with Gasteiger partial charge in [-0.1, -0.05) is 36.4 Å². The van der Waals surface area contributed by atoms with Crippen molar-refractivity contribution in [1.29, 1.82) is 0 Å². The number of hydrogen-bond donors (Lipinski definition) is 3. The third kappa shape index (κ3) is 6.67. The number of nitrogens with one attached hydrogen (secondary N) is 3. The van der Waals surface area contributed by atoms with E-state index >= 15 is 0 Å². The Morgan fingerprint density at radius 3 is 2.71 bits per heavy atom. The van der Waals surface area contributed by atoms with E-state index in [-0.39, 0.29) is 25.4 Å². The maximum Gasteiger partial charge on any atom is 0.459 e. The van der Waals surface area contributed by atoms with Crippen LogP contribution >= 0.6 is 7.75 Å². The number of benzene rings is 2. The fourth-order valence-corrected chi connectivity index (χ4v) is 5.86. The Hall–Kier alpha value is -4.00. The van der Waals surface area contributed by atoms with Gasteiger partial charge < -0.3 is 23.7 Å². The molecule has 1 aliphatic rings. The van der Waals surface area contributed by atoms with Gasteiger partial charge in [-0.2, -0.15) is 5.09 Å². The van der Waals surface area contributed by atoms with E-state index in [0.717, 1.165) is 16.5 Å². The Morgan fingerprint density at radius 2 is 1.93 bits per heavy atom. The first-order chi connectivity index (χ1) is 19.7. The third-order valence-electron chi connectivity index (χ3n) is 6.44. The molecular formula is C27H29N4O9P. The number of para-hydroxylation sites is 2. The molecule has 13 nitrogen and oxygen atoms in total. The van der Waals surface area contributed by atoms with Crippen LogP contribution in [0.3, 0.4) is 0 Å². The minimum absolute atomic E-state index is 0.0258. The maximum absolute atomic E-state index is 14.1. The smallest absolute Gasteiger partial charge is 0.459 e. The van der Waals surface area contributed by atoms with Crippen LogP contribution in [0.2, 0.25) is 0 Å². The van der Waals surface area contributed by atoms with Gasteiger partial charge in [0.1, 0.15) is 18.4 Å². The Balaban J connectivity index is 1.34. The number of esters is 1. The number of rotatable bonds is 11. The molecule has 216 valence electrons. The van der Waals surface area contributed by atoms with E-state index in [4.69, 9.17) is 23.3 Å². The summed E-state index contributed by atoms with van der Waals surface area (Å²) in [5, 5.41) is 3.64. The SMILES string of the molecule is COC(=O)[C@H](Cc1c[nH]c2ccccc12)NP(=O)(OC[C@@H]1OC[C@H](n2cc(C)c(=O)[nH]c2=O)O1)Oc1ccccc1. The minimum atomic E-state index is -4.25. The molecule has 14 heteroatoms. The summed E-state index contributed by atoms with van der Waals surface area (Å²) in [4.78, 5) is 42.1. The van der Waals surface area contributed by atoms with Crippen LogP contribution in [0.15, 0.2) is 76.6 Å². The predicted octanol–water partition coefficient (Wildman–Crippen LogP) is 2.78. The standard InChI is InChI=1S/C27H29N4O9P/c1-17-14-31(27(34)29-25(17)32)23-15-37-24(39-23)16-38-41(35,40-19-8-4-3-5-9-19)30-22(26(33)36-2)12-18-13-28-21-11-7-6-10-20(18)21/h3-11,13-14,22-24,28H,12,15-16H2,1-2H3,(H,30,35)(H,29,32,34)/t22-,23+,24+,41?/m0/s1. The molecule has 0 bridgehead atoms. The number of hydrogen-bond acceptors (Lipinski definition) is 9. The van der Waals surface area contributed by atoms with Gasteiger partial charge in [-0.3, -0.25) is 23.7 Å². The molecule has 3 N–H and O–H groups in total. The molecule has 4 atom stereocenters. The molecule has 0 saturated carbocycles. The number of fused-ring (bicyclic) bond motifs is 1. The van der Waals surface area contributed by atoms with Crippen LogP contribution < -0.4 is 20.9 Å². The second-order valence-electron chi connectivity index (χ2n) is 9.30. The highest BCUT2D eigenvalue weighted by Gasteiger charge is 2.37. The number of carbonyl (C=O) groups is 1. The van der Waals surface area contributed by atoms with Crippen LogP contribution in [0.5, 0.6) is 5.75 Å². The number of aromatic amines is 2. The molecule has 41 heavy (non-hydrogen) atoms. The summed E-state index contributed by atoms with van der Waals surface area (Å²) in [7, 11) is -3.02. The Morgan fingerprint density at radius 1 is 1.17 bits per heavy atom. The van der Waals surface area contributed by atoms with Gasteiger partial charge in [-0.05, 0) is 30.7 Å². The van der Waals surface area contributed by atoms with E-state index in [1.54, 1.807) is 43.5 Å². The second-order valence-corrected chi connectivity index (χ2v) is 11.0. The minimum Gasteiger partial charge on any atom is -0.468 e. The van der Waals surface area contributed by atoms with Crippen molar-refractivity contribution in [1.82, 2.24) is 19.6 Å². The topological polar surface area (TPSA) is 163 Å². The molecule has 0 aliphatic carbocycles. The molecule has 1 fully saturated rings. The van der Waals surface area contributed by atoms with Gasteiger partial charge in [0.05, 0.1) is 13.7 Å². The first-order valence-electron chi connectivity index (χ1n) is 12.7. The van der Waals surface area contributed by atoms with E-state index in [0.29, 0.717) is 5.56 Å². The molecule has 1 aliphatic heterocycles. The first-order valence-corrected chi connectivity index (χ1v) is 14.3. The zero-order valence-corrected chi connectivity index (χ0v) is 23.2. The molecule has 3 heterocycles. The van der Waals surface area contributed by atoms with Crippen LogP contribution in [-0.4, -0.2) is 53.2 Å². The lowest BCUT2D eigenvalue weighted by Crippen LogP contribution is -2.39. The van der Waals surface area contributed by atoms with Crippen LogP contribution in [0.1, 0.15) is 17.4 Å². The summed E-state index contributed by atoms with van der Waals surface area (Å²) >= 11 is 0. The second kappa shape index (κ2) is 12.2. The molecule has 0 spiro atoms. The molecule has 2 aromatic carbocycles. The molecular weight excluding hydrogens is 555 g/mol. The van der Waals surface area contributed by atoms with Gasteiger partial charge in [0.25, 0.3) is 5.56 Å². The first kappa shape index (κ1) is 28.5. The van der Waals surface area contributed by atoms with Crippen LogP contribution in [0, 0.1) is 6.92 Å². The Bertz CT molecular complexity index is 1680. The van der Waals surface area contributed by atoms with E-state index in [9.17, 15) is 18.9 Å². The summed E-state index contributed by atoms with van der Waals surface area (Å²) in [6.45, 7) is 1.16. The van der Waals surface area contributed by atoms with Crippen molar-refractivity contribution in [3.05, 3.63) is 99.0 Å². The summed E-state index contributed by atoms with van der Waals surface area (Å²) < 4.78 is 43.1. The summed E-state index contributed by atoms with van der Waals surface area (Å²) in [6, 6.07) is 14.8. The van der Waals surface area contributed by atoms with Gasteiger partial charge in [-0.25, -0.2) is 9.36 Å². The van der Waals surface area contributed by atoms with Gasteiger partial charge >= 0.3 is 19.4 Å². The summed E-state index contributed by atoms with van der Waals surface area (Å²) in [5.41, 5.74) is 0.841. The Kier molecular flexibility index (Phi) is 8.52. The monoisotopic (exact) mass is 584 g/mol. The van der Waals surface area contributed by atoms with Crippen molar-refractivity contribution >= 4 is 24.6 Å². The molecule has 1 unspecified atom stereocenters. The number of ether oxygens (including phenoxy) is 3. The van der Waals surface area contributed by atoms with Gasteiger partial charge in [0.2, 0.25) is 0 Å². The average Bonchev–Trinajstić information content (AvgIpc) is 3.61. The highest BCUT2D eigenvalue weighted by molar-refractivity contribution is 7.52. The third-order valence-corrected chi connectivity index (χ3v) is 8.01. The van der Waals surface area contributed by atoms with Crippen molar-refractivity contribution in [2.75, 3.05) is 20.3 Å².